The molecule has 2 aromatic heterocycles. The summed E-state index contributed by atoms with van der Waals surface area (Å²) in [5.74, 6) is 2.21. The molecule has 0 aromatic carbocycles. The Morgan fingerprint density at radius 2 is 2.04 bits per heavy atom. The maximum atomic E-state index is 12.8. The SMILES string of the molecule is Cc1nc([C@@H]2CCCN(C(=O)c3cnn(C)c3)C2)nc2c1CCCN2C. The average Bonchev–Trinajstić information content (AvgIpc) is 3.08. The molecule has 0 radical (unpaired) electrons. The van der Waals surface area contributed by atoms with Crippen LogP contribution >= 0.6 is 0 Å². The van der Waals surface area contributed by atoms with Crippen molar-refractivity contribution < 1.29 is 4.79 Å². The second-order valence-corrected chi connectivity index (χ2v) is 7.49. The van der Waals surface area contributed by atoms with E-state index in [-0.39, 0.29) is 11.8 Å². The number of hydrogen-bond donors (Lipinski definition) is 0. The van der Waals surface area contributed by atoms with Gasteiger partial charge in [-0.25, -0.2) is 9.97 Å². The van der Waals surface area contributed by atoms with Gasteiger partial charge in [-0.15, -0.1) is 0 Å². The maximum Gasteiger partial charge on any atom is 0.257 e. The molecule has 0 aliphatic carbocycles. The molecule has 0 spiro atoms. The van der Waals surface area contributed by atoms with E-state index in [1.807, 2.05) is 11.9 Å². The molecule has 7 nitrogen and oxygen atoms in total. The van der Waals surface area contributed by atoms with E-state index in [0.29, 0.717) is 12.1 Å². The largest absolute Gasteiger partial charge is 0.359 e. The van der Waals surface area contributed by atoms with Gasteiger partial charge in [-0.3, -0.25) is 9.48 Å². The van der Waals surface area contributed by atoms with Crippen LogP contribution in [0.4, 0.5) is 5.82 Å². The second kappa shape index (κ2) is 6.70. The van der Waals surface area contributed by atoms with Crippen molar-refractivity contribution in [2.45, 2.75) is 38.5 Å². The standard InChI is InChI=1S/C19H26N6O/c1-13-16-7-5-8-23(2)18(16)22-17(21-13)14-6-4-9-25(12-14)19(26)15-10-20-24(3)11-15/h10-11,14H,4-9,12H2,1-3H3/t14-/m1/s1. The van der Waals surface area contributed by atoms with Gasteiger partial charge in [-0.1, -0.05) is 0 Å². The second-order valence-electron chi connectivity index (χ2n) is 7.49. The Kier molecular flexibility index (Phi) is 4.38. The number of aromatic nitrogens is 4. The van der Waals surface area contributed by atoms with Crippen LogP contribution in [-0.2, 0) is 13.5 Å². The summed E-state index contributed by atoms with van der Waals surface area (Å²) in [6, 6.07) is 0. The van der Waals surface area contributed by atoms with Crippen LogP contribution in [0.5, 0.6) is 0 Å². The van der Waals surface area contributed by atoms with Crippen LogP contribution in [0.25, 0.3) is 0 Å². The lowest BCUT2D eigenvalue weighted by Gasteiger charge is -2.33. The van der Waals surface area contributed by atoms with Crippen molar-refractivity contribution in [1.29, 1.82) is 0 Å². The van der Waals surface area contributed by atoms with E-state index in [9.17, 15) is 4.79 Å². The quantitative estimate of drug-likeness (QED) is 0.824. The summed E-state index contributed by atoms with van der Waals surface area (Å²) in [4.78, 5) is 26.7. The van der Waals surface area contributed by atoms with Gasteiger partial charge in [-0.2, -0.15) is 5.10 Å². The number of likely N-dealkylation sites (tertiary alicyclic amines) is 1. The van der Waals surface area contributed by atoms with Crippen molar-refractivity contribution in [2.24, 2.45) is 7.05 Å². The van der Waals surface area contributed by atoms with E-state index in [4.69, 9.17) is 9.97 Å². The molecule has 4 rings (SSSR count). The van der Waals surface area contributed by atoms with Crippen molar-refractivity contribution >= 4 is 11.7 Å². The van der Waals surface area contributed by atoms with E-state index in [1.165, 1.54) is 5.56 Å². The first-order chi connectivity index (χ1) is 12.5. The summed E-state index contributed by atoms with van der Waals surface area (Å²) in [5.41, 5.74) is 3.02. The molecule has 138 valence electrons. The fourth-order valence-corrected chi connectivity index (χ4v) is 4.08. The molecule has 0 unspecified atom stereocenters. The minimum absolute atomic E-state index is 0.0506. The van der Waals surface area contributed by atoms with Crippen molar-refractivity contribution in [3.8, 4) is 0 Å². The molecule has 1 saturated heterocycles. The number of hydrogen-bond acceptors (Lipinski definition) is 5. The zero-order chi connectivity index (χ0) is 18.3. The molecule has 4 heterocycles. The van der Waals surface area contributed by atoms with Gasteiger partial charge in [0.2, 0.25) is 0 Å². The zero-order valence-electron chi connectivity index (χ0n) is 15.8. The lowest BCUT2D eigenvalue weighted by molar-refractivity contribution is 0.0704. The van der Waals surface area contributed by atoms with Crippen LogP contribution in [0.2, 0.25) is 0 Å². The highest BCUT2D eigenvalue weighted by Crippen LogP contribution is 2.31. The first-order valence-electron chi connectivity index (χ1n) is 9.39. The lowest BCUT2D eigenvalue weighted by atomic mass is 9.95. The van der Waals surface area contributed by atoms with Gasteiger partial charge in [0.05, 0.1) is 11.8 Å². The van der Waals surface area contributed by atoms with Crippen molar-refractivity contribution in [2.75, 3.05) is 31.6 Å². The molecule has 1 fully saturated rings. The topological polar surface area (TPSA) is 67.2 Å². The highest BCUT2D eigenvalue weighted by atomic mass is 16.2. The van der Waals surface area contributed by atoms with E-state index >= 15 is 0 Å². The molecule has 2 aromatic rings. The summed E-state index contributed by atoms with van der Waals surface area (Å²) in [7, 11) is 3.93. The van der Waals surface area contributed by atoms with Crippen LogP contribution in [-0.4, -0.2) is 57.2 Å². The molecule has 2 aliphatic heterocycles. The van der Waals surface area contributed by atoms with Crippen LogP contribution in [0.3, 0.4) is 0 Å². The Morgan fingerprint density at radius 3 is 2.81 bits per heavy atom. The number of piperidine rings is 1. The number of amides is 1. The summed E-state index contributed by atoms with van der Waals surface area (Å²) in [5, 5.41) is 4.12. The van der Waals surface area contributed by atoms with Crippen LogP contribution < -0.4 is 4.90 Å². The number of anilines is 1. The number of aryl methyl sites for hydroxylation is 2. The average molecular weight is 354 g/mol. The Morgan fingerprint density at radius 1 is 1.19 bits per heavy atom. The highest BCUT2D eigenvalue weighted by molar-refractivity contribution is 5.93. The van der Waals surface area contributed by atoms with E-state index in [2.05, 4.69) is 24.0 Å². The molecule has 1 atom stereocenters. The fraction of sp³-hybridized carbons (Fsp3) is 0.579. The molecule has 7 heteroatoms. The Bertz CT molecular complexity index is 829. The normalized spacial score (nSPS) is 20.2. The Hall–Kier alpha value is -2.44. The van der Waals surface area contributed by atoms with E-state index in [1.54, 1.807) is 17.1 Å². The fourth-order valence-electron chi connectivity index (χ4n) is 4.08. The number of rotatable bonds is 2. The van der Waals surface area contributed by atoms with E-state index < -0.39 is 0 Å². The lowest BCUT2D eigenvalue weighted by Crippen LogP contribution is -2.39. The van der Waals surface area contributed by atoms with Gasteiger partial charge < -0.3 is 9.80 Å². The van der Waals surface area contributed by atoms with Gasteiger partial charge in [0, 0.05) is 57.1 Å². The molecule has 26 heavy (non-hydrogen) atoms. The van der Waals surface area contributed by atoms with Crippen LogP contribution in [0, 0.1) is 6.92 Å². The van der Waals surface area contributed by atoms with Crippen molar-refractivity contribution in [3.63, 3.8) is 0 Å². The highest BCUT2D eigenvalue weighted by Gasteiger charge is 2.29. The first kappa shape index (κ1) is 17.0. The van der Waals surface area contributed by atoms with Gasteiger partial charge in [0.1, 0.15) is 11.6 Å². The molecule has 1 amide bonds. The molecular weight excluding hydrogens is 328 g/mol. The maximum absolute atomic E-state index is 12.8. The monoisotopic (exact) mass is 354 g/mol. The Labute approximate surface area is 154 Å². The van der Waals surface area contributed by atoms with Gasteiger partial charge in [0.15, 0.2) is 0 Å². The van der Waals surface area contributed by atoms with Gasteiger partial charge in [-0.05, 0) is 32.6 Å². The van der Waals surface area contributed by atoms with Crippen molar-refractivity contribution in [3.05, 3.63) is 35.0 Å². The molecule has 0 saturated carbocycles. The van der Waals surface area contributed by atoms with Crippen LogP contribution in [0.15, 0.2) is 12.4 Å². The predicted molar refractivity (Wildman–Crippen MR) is 99.4 cm³/mol. The zero-order valence-corrected chi connectivity index (χ0v) is 15.8. The van der Waals surface area contributed by atoms with Gasteiger partial charge >= 0.3 is 0 Å². The summed E-state index contributed by atoms with van der Waals surface area (Å²) in [6.45, 7) is 4.59. The minimum Gasteiger partial charge on any atom is -0.359 e. The molecular formula is C19H26N6O. The minimum atomic E-state index is 0.0506. The summed E-state index contributed by atoms with van der Waals surface area (Å²) in [6.07, 6.45) is 7.64. The first-order valence-corrected chi connectivity index (χ1v) is 9.39. The molecule has 2 aliphatic rings. The predicted octanol–water partition coefficient (Wildman–Crippen LogP) is 1.92. The Balaban J connectivity index is 1.57. The summed E-state index contributed by atoms with van der Waals surface area (Å²) < 4.78 is 1.67. The summed E-state index contributed by atoms with van der Waals surface area (Å²) >= 11 is 0. The molecule has 0 bridgehead atoms. The number of carbonyl (C=O) groups excluding carboxylic acids is 1. The number of nitrogens with zero attached hydrogens (tertiary/aromatic N) is 6. The third-order valence-corrected chi connectivity index (χ3v) is 5.52. The number of carbonyl (C=O) groups is 1. The van der Waals surface area contributed by atoms with E-state index in [0.717, 1.165) is 56.1 Å². The third kappa shape index (κ3) is 3.06. The molecule has 0 N–H and O–H groups in total. The third-order valence-electron chi connectivity index (χ3n) is 5.52. The van der Waals surface area contributed by atoms with Crippen LogP contribution in [0.1, 0.15) is 52.6 Å². The van der Waals surface area contributed by atoms with Crippen molar-refractivity contribution in [1.82, 2.24) is 24.6 Å². The smallest absolute Gasteiger partial charge is 0.257 e. The number of fused-ring (bicyclic) bond motifs is 1. The van der Waals surface area contributed by atoms with Gasteiger partial charge in [0.25, 0.3) is 5.91 Å².